The first-order chi connectivity index (χ1) is 10.1. The molecule has 0 unspecified atom stereocenters. The molecule has 0 atom stereocenters. The zero-order valence-electron chi connectivity index (χ0n) is 14.5. The Morgan fingerprint density at radius 2 is 1.50 bits per heavy atom. The van der Waals surface area contributed by atoms with Gasteiger partial charge in [0.05, 0.1) is 5.69 Å². The molecule has 22 heavy (non-hydrogen) atoms. The number of para-hydroxylation sites is 1. The van der Waals surface area contributed by atoms with Crippen LogP contribution in [0.25, 0.3) is 0 Å². The van der Waals surface area contributed by atoms with E-state index in [4.69, 9.17) is 4.99 Å². The van der Waals surface area contributed by atoms with Crippen LogP contribution in [0.15, 0.2) is 23.2 Å². The van der Waals surface area contributed by atoms with Crippen LogP contribution in [-0.4, -0.2) is 6.21 Å². The molecule has 0 radical (unpaired) electrons. The van der Waals surface area contributed by atoms with Gasteiger partial charge in [-0.05, 0) is 41.7 Å². The molecule has 1 fully saturated rings. The topological polar surface area (TPSA) is 12.4 Å². The van der Waals surface area contributed by atoms with E-state index >= 15 is 0 Å². The molecule has 0 N–H and O–H groups in total. The van der Waals surface area contributed by atoms with Gasteiger partial charge >= 0.3 is 24.8 Å². The summed E-state index contributed by atoms with van der Waals surface area (Å²) in [4.78, 5) is 4.91. The fourth-order valence-electron chi connectivity index (χ4n) is 2.95. The predicted octanol–water partition coefficient (Wildman–Crippen LogP) is 6.96. The first kappa shape index (κ1) is 21.7. The molecule has 1 saturated carbocycles. The fourth-order valence-corrected chi connectivity index (χ4v) is 2.95. The number of halogens is 1. The number of aliphatic imine (C=N–C) groups is 1. The van der Waals surface area contributed by atoms with E-state index in [0.29, 0.717) is 17.8 Å². The van der Waals surface area contributed by atoms with Crippen molar-refractivity contribution in [1.29, 1.82) is 0 Å². The Kier molecular flexibility index (Phi) is 11.1. The van der Waals surface area contributed by atoms with E-state index in [1.165, 1.54) is 42.5 Å². The molecule has 1 aliphatic carbocycles. The first-order valence-electron chi connectivity index (χ1n) is 7.88. The molecular formula is C19H30ClNNi-. The molecular weight excluding hydrogens is 336 g/mol. The predicted molar refractivity (Wildman–Crippen MR) is 97.0 cm³/mol. The maximum atomic E-state index is 4.91. The molecule has 0 spiro atoms. The molecule has 129 valence electrons. The van der Waals surface area contributed by atoms with Gasteiger partial charge in [-0.3, -0.25) is 4.99 Å². The third-order valence-corrected chi connectivity index (χ3v) is 4.16. The Hall–Kier alpha value is -0.326. The maximum absolute atomic E-state index is 4.91. The molecule has 0 aliphatic heterocycles. The third kappa shape index (κ3) is 6.05. The fraction of sp³-hybridized carbons (Fsp3) is 0.579. The summed E-state index contributed by atoms with van der Waals surface area (Å²) in [6, 6.07) is 6.65. The standard InChI is InChI=1S/C18H27N.CH3.ClH.Ni/c1-13(2)16-10-7-11-17(14(3)4)18(16)19-12-15-8-5-6-9-15;;;/h7,10-15H,5-6,8-9H2,1-4H3;1H3;1H;/q;-1;;+1/p-1. The molecule has 1 nitrogen and oxygen atoms in total. The van der Waals surface area contributed by atoms with Gasteiger partial charge in [0.15, 0.2) is 0 Å². The van der Waals surface area contributed by atoms with Crippen molar-refractivity contribution >= 4 is 22.1 Å². The molecule has 1 aromatic carbocycles. The van der Waals surface area contributed by atoms with E-state index in [-0.39, 0.29) is 7.43 Å². The summed E-state index contributed by atoms with van der Waals surface area (Å²) in [6.45, 7) is 9.03. The minimum atomic E-state index is 0. The molecule has 3 heteroatoms. The van der Waals surface area contributed by atoms with Crippen LogP contribution < -0.4 is 0 Å². The number of rotatable bonds is 4. The SMILES string of the molecule is CC(C)c1cccc(C(C)C)c1N=CC1CCCC1.[CH3-].[Cl][Ni]. The van der Waals surface area contributed by atoms with Crippen molar-refractivity contribution < 1.29 is 14.6 Å². The van der Waals surface area contributed by atoms with Gasteiger partial charge in [-0.1, -0.05) is 58.7 Å². The van der Waals surface area contributed by atoms with Crippen LogP contribution in [0.4, 0.5) is 5.69 Å². The monoisotopic (exact) mass is 365 g/mol. The molecule has 0 amide bonds. The van der Waals surface area contributed by atoms with E-state index in [0.717, 1.165) is 0 Å². The normalized spacial score (nSPS) is 15.1. The van der Waals surface area contributed by atoms with E-state index < -0.39 is 0 Å². The number of hydrogen-bond acceptors (Lipinski definition) is 1. The van der Waals surface area contributed by atoms with Crippen molar-refractivity contribution in [2.45, 2.75) is 65.2 Å². The third-order valence-electron chi connectivity index (χ3n) is 4.16. The summed E-state index contributed by atoms with van der Waals surface area (Å²) in [6.07, 6.45) is 7.62. The second-order valence-corrected chi connectivity index (χ2v) is 6.42. The Morgan fingerprint density at radius 1 is 1.05 bits per heavy atom. The summed E-state index contributed by atoms with van der Waals surface area (Å²) >= 11 is 3.35. The van der Waals surface area contributed by atoms with Crippen LogP contribution in [-0.2, 0) is 14.6 Å². The molecule has 0 bridgehead atoms. The van der Waals surface area contributed by atoms with E-state index in [2.05, 4.69) is 76.9 Å². The summed E-state index contributed by atoms with van der Waals surface area (Å²) in [5, 5.41) is 0. The van der Waals surface area contributed by atoms with Crippen LogP contribution in [0.2, 0.25) is 0 Å². The van der Waals surface area contributed by atoms with E-state index in [1.54, 1.807) is 0 Å². The molecule has 0 aromatic heterocycles. The van der Waals surface area contributed by atoms with Crippen molar-refractivity contribution in [2.24, 2.45) is 10.9 Å². The first-order valence-corrected chi connectivity index (χ1v) is 9.24. The summed E-state index contributed by atoms with van der Waals surface area (Å²) in [7, 11) is 4.26. The number of hydrogen-bond donors (Lipinski definition) is 0. The van der Waals surface area contributed by atoms with Crippen molar-refractivity contribution in [1.82, 2.24) is 0 Å². The molecule has 2 rings (SSSR count). The van der Waals surface area contributed by atoms with Gasteiger partial charge in [0.25, 0.3) is 0 Å². The molecule has 0 saturated heterocycles. The van der Waals surface area contributed by atoms with Gasteiger partial charge in [0.2, 0.25) is 0 Å². The van der Waals surface area contributed by atoms with Crippen LogP contribution in [0.3, 0.4) is 0 Å². The summed E-state index contributed by atoms with van der Waals surface area (Å²) in [5.41, 5.74) is 4.01. The van der Waals surface area contributed by atoms with E-state index in [9.17, 15) is 0 Å². The summed E-state index contributed by atoms with van der Waals surface area (Å²) in [5.74, 6) is 1.78. The molecule has 1 aromatic rings. The van der Waals surface area contributed by atoms with Gasteiger partial charge in [-0.25, -0.2) is 0 Å². The quantitative estimate of drug-likeness (QED) is 0.310. The molecule has 1 aliphatic rings. The average molecular weight is 367 g/mol. The van der Waals surface area contributed by atoms with Crippen molar-refractivity contribution in [3.63, 3.8) is 0 Å². The van der Waals surface area contributed by atoms with Crippen molar-refractivity contribution in [3.8, 4) is 0 Å². The van der Waals surface area contributed by atoms with Gasteiger partial charge in [-0.2, -0.15) is 0 Å². The minimum absolute atomic E-state index is 0. The van der Waals surface area contributed by atoms with Gasteiger partial charge in [-0.15, -0.1) is 0 Å². The Bertz CT molecular complexity index is 422. The van der Waals surface area contributed by atoms with Crippen molar-refractivity contribution in [2.75, 3.05) is 0 Å². The Morgan fingerprint density at radius 3 is 1.91 bits per heavy atom. The van der Waals surface area contributed by atoms with Crippen LogP contribution in [0.5, 0.6) is 0 Å². The van der Waals surface area contributed by atoms with Crippen LogP contribution >= 0.6 is 10.2 Å². The zero-order chi connectivity index (χ0) is 15.8. The Balaban J connectivity index is 0.00000141. The van der Waals surface area contributed by atoms with E-state index in [1.807, 2.05) is 0 Å². The van der Waals surface area contributed by atoms with Crippen LogP contribution in [0, 0.1) is 13.3 Å². The van der Waals surface area contributed by atoms with Gasteiger partial charge in [0.1, 0.15) is 0 Å². The van der Waals surface area contributed by atoms with Gasteiger partial charge < -0.3 is 7.43 Å². The molecule has 0 heterocycles. The average Bonchev–Trinajstić information content (AvgIpc) is 2.99. The van der Waals surface area contributed by atoms with Gasteiger partial charge in [0, 0.05) is 6.21 Å². The summed E-state index contributed by atoms with van der Waals surface area (Å²) < 4.78 is 0. The Labute approximate surface area is 149 Å². The van der Waals surface area contributed by atoms with Crippen LogP contribution in [0.1, 0.15) is 76.3 Å². The second-order valence-electron chi connectivity index (χ2n) is 6.42. The number of nitrogens with zero attached hydrogens (tertiary/aromatic N) is 1. The van der Waals surface area contributed by atoms with Crippen molar-refractivity contribution in [3.05, 3.63) is 36.8 Å². The second kappa shape index (κ2) is 11.2. The number of benzene rings is 1. The zero-order valence-corrected chi connectivity index (χ0v) is 16.3.